The van der Waals surface area contributed by atoms with Crippen LogP contribution in [-0.2, 0) is 4.79 Å². The number of hydrogen-bond acceptors (Lipinski definition) is 2. The van der Waals surface area contributed by atoms with Crippen molar-refractivity contribution in [1.82, 2.24) is 10.6 Å². The maximum absolute atomic E-state index is 12.6. The van der Waals surface area contributed by atoms with Crippen molar-refractivity contribution >= 4 is 5.91 Å². The molecule has 134 valence electrons. The summed E-state index contributed by atoms with van der Waals surface area (Å²) in [4.78, 5) is 12.6. The van der Waals surface area contributed by atoms with Gasteiger partial charge in [0.15, 0.2) is 0 Å². The van der Waals surface area contributed by atoms with Gasteiger partial charge in [-0.2, -0.15) is 0 Å². The van der Waals surface area contributed by atoms with Crippen molar-refractivity contribution in [3.8, 4) is 0 Å². The number of nitrogens with one attached hydrogen (secondary N) is 2. The molecule has 26 heavy (non-hydrogen) atoms. The van der Waals surface area contributed by atoms with Crippen molar-refractivity contribution in [3.63, 3.8) is 0 Å². The van der Waals surface area contributed by atoms with Gasteiger partial charge in [-0.15, -0.1) is 0 Å². The molecule has 1 aliphatic heterocycles. The van der Waals surface area contributed by atoms with Crippen molar-refractivity contribution in [3.05, 3.63) is 70.8 Å². The van der Waals surface area contributed by atoms with Crippen LogP contribution in [0.15, 0.2) is 48.5 Å². The van der Waals surface area contributed by atoms with E-state index < -0.39 is 0 Å². The zero-order chi connectivity index (χ0) is 17.5. The first-order valence-electron chi connectivity index (χ1n) is 9.99. The Bertz CT molecular complexity index is 777. The molecule has 2 aromatic rings. The molecule has 1 amide bonds. The molecule has 1 fully saturated rings. The summed E-state index contributed by atoms with van der Waals surface area (Å²) in [7, 11) is 0. The molecule has 3 nitrogen and oxygen atoms in total. The minimum Gasteiger partial charge on any atom is -0.356 e. The summed E-state index contributed by atoms with van der Waals surface area (Å²) in [6.07, 6.45) is 3.26. The van der Waals surface area contributed by atoms with Gasteiger partial charge in [0.05, 0.1) is 5.92 Å². The number of rotatable bonds is 3. The van der Waals surface area contributed by atoms with Crippen LogP contribution in [-0.4, -0.2) is 25.5 Å². The molecule has 4 aliphatic rings. The van der Waals surface area contributed by atoms with E-state index in [1.165, 1.54) is 22.3 Å². The largest absolute Gasteiger partial charge is 0.356 e. The molecule has 6 rings (SSSR count). The second kappa shape index (κ2) is 6.55. The van der Waals surface area contributed by atoms with Crippen LogP contribution < -0.4 is 10.6 Å². The zero-order valence-electron chi connectivity index (χ0n) is 15.1. The third-order valence-corrected chi connectivity index (χ3v) is 6.63. The molecule has 2 unspecified atom stereocenters. The molecule has 0 spiro atoms. The predicted octanol–water partition coefficient (Wildman–Crippen LogP) is 3.40. The third kappa shape index (κ3) is 2.57. The fourth-order valence-electron chi connectivity index (χ4n) is 5.41. The number of piperidine rings is 1. The van der Waals surface area contributed by atoms with E-state index in [0.717, 1.165) is 38.9 Å². The van der Waals surface area contributed by atoms with Gasteiger partial charge in [-0.1, -0.05) is 48.5 Å². The highest BCUT2D eigenvalue weighted by Crippen LogP contribution is 2.55. The van der Waals surface area contributed by atoms with Gasteiger partial charge in [-0.05, 0) is 54.0 Å². The Morgan fingerprint density at radius 1 is 1.00 bits per heavy atom. The van der Waals surface area contributed by atoms with Gasteiger partial charge >= 0.3 is 0 Å². The van der Waals surface area contributed by atoms with Crippen LogP contribution in [0, 0.1) is 11.8 Å². The van der Waals surface area contributed by atoms with Gasteiger partial charge in [-0.25, -0.2) is 0 Å². The SMILES string of the molecule is O=C(NCC1CC2c3ccccc3C1c1ccccc12)C1CCCNC1. The molecule has 2 atom stereocenters. The summed E-state index contributed by atoms with van der Waals surface area (Å²) in [5.74, 6) is 1.76. The van der Waals surface area contributed by atoms with Crippen LogP contribution in [0.5, 0.6) is 0 Å². The fourth-order valence-corrected chi connectivity index (χ4v) is 5.41. The van der Waals surface area contributed by atoms with Crippen molar-refractivity contribution in [2.45, 2.75) is 31.1 Å². The summed E-state index contributed by atoms with van der Waals surface area (Å²) in [6.45, 7) is 2.66. The molecule has 2 bridgehead atoms. The van der Waals surface area contributed by atoms with Gasteiger partial charge in [-0.3, -0.25) is 4.79 Å². The van der Waals surface area contributed by atoms with E-state index >= 15 is 0 Å². The topological polar surface area (TPSA) is 41.1 Å². The monoisotopic (exact) mass is 346 g/mol. The van der Waals surface area contributed by atoms with Gasteiger partial charge in [0.25, 0.3) is 0 Å². The molecular formula is C23H26N2O. The van der Waals surface area contributed by atoms with E-state index in [-0.39, 0.29) is 11.8 Å². The summed E-state index contributed by atoms with van der Waals surface area (Å²) in [5, 5.41) is 6.64. The molecule has 0 saturated carbocycles. The summed E-state index contributed by atoms with van der Waals surface area (Å²) >= 11 is 0. The van der Waals surface area contributed by atoms with Gasteiger partial charge in [0, 0.05) is 24.9 Å². The molecule has 3 aliphatic carbocycles. The number of hydrogen-bond donors (Lipinski definition) is 2. The van der Waals surface area contributed by atoms with Crippen LogP contribution in [0.1, 0.15) is 53.4 Å². The van der Waals surface area contributed by atoms with Gasteiger partial charge in [0.1, 0.15) is 0 Å². The van der Waals surface area contributed by atoms with E-state index in [9.17, 15) is 4.79 Å². The summed E-state index contributed by atoms with van der Waals surface area (Å²) in [5.41, 5.74) is 5.94. The lowest BCUT2D eigenvalue weighted by Crippen LogP contribution is -2.44. The first kappa shape index (κ1) is 16.1. The van der Waals surface area contributed by atoms with Crippen LogP contribution in [0.2, 0.25) is 0 Å². The highest BCUT2D eigenvalue weighted by molar-refractivity contribution is 5.79. The molecule has 2 aromatic carbocycles. The van der Waals surface area contributed by atoms with E-state index in [4.69, 9.17) is 0 Å². The number of carbonyl (C=O) groups excluding carboxylic acids is 1. The maximum Gasteiger partial charge on any atom is 0.224 e. The van der Waals surface area contributed by atoms with E-state index in [2.05, 4.69) is 59.2 Å². The first-order chi connectivity index (χ1) is 12.8. The molecule has 1 heterocycles. The Labute approximate surface area is 155 Å². The Hall–Kier alpha value is -2.13. The molecule has 3 heteroatoms. The lowest BCUT2D eigenvalue weighted by atomic mass is 9.59. The second-order valence-electron chi connectivity index (χ2n) is 8.07. The Kier molecular flexibility index (Phi) is 4.05. The molecule has 2 N–H and O–H groups in total. The second-order valence-corrected chi connectivity index (χ2v) is 8.07. The van der Waals surface area contributed by atoms with Crippen LogP contribution in [0.25, 0.3) is 0 Å². The van der Waals surface area contributed by atoms with Crippen molar-refractivity contribution in [2.75, 3.05) is 19.6 Å². The van der Waals surface area contributed by atoms with E-state index in [0.29, 0.717) is 17.8 Å². The lowest BCUT2D eigenvalue weighted by Gasteiger charge is -2.45. The third-order valence-electron chi connectivity index (χ3n) is 6.63. The molecular weight excluding hydrogens is 320 g/mol. The van der Waals surface area contributed by atoms with Gasteiger partial charge < -0.3 is 10.6 Å². The van der Waals surface area contributed by atoms with Crippen LogP contribution in [0.4, 0.5) is 0 Å². The van der Waals surface area contributed by atoms with Crippen LogP contribution >= 0.6 is 0 Å². The number of benzene rings is 2. The van der Waals surface area contributed by atoms with Crippen molar-refractivity contribution < 1.29 is 4.79 Å². The molecule has 1 saturated heterocycles. The fraction of sp³-hybridized carbons (Fsp3) is 0.435. The molecule has 0 radical (unpaired) electrons. The lowest BCUT2D eigenvalue weighted by molar-refractivity contribution is -0.125. The zero-order valence-corrected chi connectivity index (χ0v) is 15.1. The Morgan fingerprint density at radius 3 is 2.27 bits per heavy atom. The van der Waals surface area contributed by atoms with Crippen molar-refractivity contribution in [2.24, 2.45) is 11.8 Å². The Morgan fingerprint density at radius 2 is 1.65 bits per heavy atom. The van der Waals surface area contributed by atoms with E-state index in [1.807, 2.05) is 0 Å². The summed E-state index contributed by atoms with van der Waals surface area (Å²) < 4.78 is 0. The predicted molar refractivity (Wildman–Crippen MR) is 103 cm³/mol. The van der Waals surface area contributed by atoms with Crippen LogP contribution in [0.3, 0.4) is 0 Å². The van der Waals surface area contributed by atoms with Gasteiger partial charge in [0.2, 0.25) is 5.91 Å². The molecule has 0 aromatic heterocycles. The average molecular weight is 346 g/mol. The quantitative estimate of drug-likeness (QED) is 0.894. The smallest absolute Gasteiger partial charge is 0.224 e. The maximum atomic E-state index is 12.6. The standard InChI is InChI=1S/C23H26N2O/c26-23(15-6-5-11-24-13-15)25-14-16-12-21-17-7-1-3-9-19(17)22(16)20-10-4-2-8-18(20)21/h1-4,7-10,15-16,21-22,24H,5-6,11-14H2,(H,25,26). The average Bonchev–Trinajstić information content (AvgIpc) is 2.73. The van der Waals surface area contributed by atoms with E-state index in [1.54, 1.807) is 0 Å². The number of amides is 1. The normalized spacial score (nSPS) is 28.9. The number of carbonyl (C=O) groups is 1. The minimum absolute atomic E-state index is 0.143. The Balaban J connectivity index is 1.39. The first-order valence-corrected chi connectivity index (χ1v) is 9.99. The number of fused-ring (bicyclic) bond motifs is 1. The van der Waals surface area contributed by atoms with Crippen molar-refractivity contribution in [1.29, 1.82) is 0 Å². The minimum atomic E-state index is 0.143. The highest BCUT2D eigenvalue weighted by Gasteiger charge is 2.43. The summed E-state index contributed by atoms with van der Waals surface area (Å²) in [6, 6.07) is 17.8. The highest BCUT2D eigenvalue weighted by atomic mass is 16.1.